The molecule has 2 aromatic heterocycles. The van der Waals surface area contributed by atoms with Gasteiger partial charge in [-0.15, -0.1) is 16.4 Å². The van der Waals surface area contributed by atoms with Crippen molar-refractivity contribution in [3.05, 3.63) is 33.3 Å². The Morgan fingerprint density at radius 1 is 1.50 bits per heavy atom. The van der Waals surface area contributed by atoms with Gasteiger partial charge in [0.15, 0.2) is 0 Å². The van der Waals surface area contributed by atoms with Crippen molar-refractivity contribution in [2.75, 3.05) is 20.3 Å². The maximum Gasteiger partial charge on any atom is 0.105 e. The summed E-state index contributed by atoms with van der Waals surface area (Å²) in [6, 6.07) is 2.39. The van der Waals surface area contributed by atoms with Crippen molar-refractivity contribution < 1.29 is 4.74 Å². The zero-order valence-electron chi connectivity index (χ0n) is 12.2. The quantitative estimate of drug-likeness (QED) is 0.863. The van der Waals surface area contributed by atoms with Crippen molar-refractivity contribution in [3.8, 4) is 0 Å². The Morgan fingerprint density at radius 2 is 2.35 bits per heavy atom. The SMILES string of the molecule is COCC1c2nnn(C)c2CCN1Cc1sccc1C. The van der Waals surface area contributed by atoms with Gasteiger partial charge in [0.25, 0.3) is 0 Å². The fraction of sp³-hybridized carbons (Fsp3) is 0.571. The van der Waals surface area contributed by atoms with E-state index in [-0.39, 0.29) is 6.04 Å². The van der Waals surface area contributed by atoms with E-state index in [1.54, 1.807) is 7.11 Å². The summed E-state index contributed by atoms with van der Waals surface area (Å²) < 4.78 is 7.31. The van der Waals surface area contributed by atoms with Gasteiger partial charge >= 0.3 is 0 Å². The number of hydrogen-bond donors (Lipinski definition) is 0. The molecule has 3 heterocycles. The van der Waals surface area contributed by atoms with Crippen LogP contribution in [-0.4, -0.2) is 40.2 Å². The van der Waals surface area contributed by atoms with E-state index in [2.05, 4.69) is 33.6 Å². The summed E-state index contributed by atoms with van der Waals surface area (Å²) >= 11 is 1.83. The van der Waals surface area contributed by atoms with Crippen LogP contribution in [0.1, 0.15) is 27.9 Å². The Bertz CT molecular complexity index is 592. The molecular weight excluding hydrogens is 272 g/mol. The molecule has 6 heteroatoms. The number of aromatic nitrogens is 3. The Kier molecular flexibility index (Phi) is 3.87. The third-order valence-corrected chi connectivity index (χ3v) is 5.01. The van der Waals surface area contributed by atoms with E-state index in [9.17, 15) is 0 Å². The number of hydrogen-bond acceptors (Lipinski definition) is 5. The van der Waals surface area contributed by atoms with Crippen LogP contribution < -0.4 is 0 Å². The molecule has 1 unspecified atom stereocenters. The molecule has 0 aliphatic carbocycles. The Labute approximate surface area is 123 Å². The van der Waals surface area contributed by atoms with Gasteiger partial charge in [0, 0.05) is 38.5 Å². The van der Waals surface area contributed by atoms with Crippen molar-refractivity contribution in [3.63, 3.8) is 0 Å². The van der Waals surface area contributed by atoms with Crippen molar-refractivity contribution in [2.45, 2.75) is 25.9 Å². The third-order valence-electron chi connectivity index (χ3n) is 4.00. The molecule has 20 heavy (non-hydrogen) atoms. The monoisotopic (exact) mass is 292 g/mol. The van der Waals surface area contributed by atoms with E-state index in [4.69, 9.17) is 4.74 Å². The van der Waals surface area contributed by atoms with Gasteiger partial charge < -0.3 is 4.74 Å². The second-order valence-electron chi connectivity index (χ2n) is 5.26. The Balaban J connectivity index is 1.86. The molecule has 0 amide bonds. The largest absolute Gasteiger partial charge is 0.383 e. The topological polar surface area (TPSA) is 43.2 Å². The van der Waals surface area contributed by atoms with Gasteiger partial charge in [-0.2, -0.15) is 0 Å². The van der Waals surface area contributed by atoms with Crippen molar-refractivity contribution in [2.24, 2.45) is 7.05 Å². The van der Waals surface area contributed by atoms with Gasteiger partial charge in [-0.25, -0.2) is 0 Å². The molecule has 0 saturated carbocycles. The minimum Gasteiger partial charge on any atom is -0.383 e. The number of ether oxygens (including phenoxy) is 1. The second kappa shape index (κ2) is 5.63. The molecule has 1 aliphatic rings. The van der Waals surface area contributed by atoms with Gasteiger partial charge in [-0.1, -0.05) is 5.21 Å². The summed E-state index contributed by atoms with van der Waals surface area (Å²) in [6.45, 7) is 4.83. The molecule has 0 aromatic carbocycles. The van der Waals surface area contributed by atoms with E-state index in [0.717, 1.165) is 25.2 Å². The van der Waals surface area contributed by atoms with Crippen molar-refractivity contribution >= 4 is 11.3 Å². The van der Waals surface area contributed by atoms with E-state index in [1.807, 2.05) is 23.1 Å². The average molecular weight is 292 g/mol. The fourth-order valence-corrected chi connectivity index (χ4v) is 3.73. The lowest BCUT2D eigenvalue weighted by atomic mass is 10.0. The Hall–Kier alpha value is -1.24. The van der Waals surface area contributed by atoms with Gasteiger partial charge in [0.1, 0.15) is 5.69 Å². The van der Waals surface area contributed by atoms with Crippen LogP contribution in [-0.2, 0) is 24.8 Å². The highest BCUT2D eigenvalue weighted by Crippen LogP contribution is 2.30. The van der Waals surface area contributed by atoms with Gasteiger partial charge in [-0.3, -0.25) is 9.58 Å². The average Bonchev–Trinajstić information content (AvgIpc) is 3.00. The fourth-order valence-electron chi connectivity index (χ4n) is 2.80. The zero-order valence-corrected chi connectivity index (χ0v) is 13.0. The normalized spacial score (nSPS) is 19.2. The Morgan fingerprint density at radius 3 is 3.05 bits per heavy atom. The maximum atomic E-state index is 5.41. The van der Waals surface area contributed by atoms with E-state index < -0.39 is 0 Å². The molecule has 0 bridgehead atoms. The molecule has 5 nitrogen and oxygen atoms in total. The minimum absolute atomic E-state index is 0.207. The minimum atomic E-state index is 0.207. The molecule has 0 radical (unpaired) electrons. The number of rotatable bonds is 4. The molecule has 0 N–H and O–H groups in total. The van der Waals surface area contributed by atoms with Crippen LogP contribution in [0, 0.1) is 6.92 Å². The molecule has 0 saturated heterocycles. The van der Waals surface area contributed by atoms with E-state index in [1.165, 1.54) is 16.1 Å². The molecule has 3 rings (SSSR count). The summed E-state index contributed by atoms with van der Waals surface area (Å²) in [5, 5.41) is 10.7. The highest BCUT2D eigenvalue weighted by atomic mass is 32.1. The first-order valence-corrected chi connectivity index (χ1v) is 7.73. The second-order valence-corrected chi connectivity index (χ2v) is 6.26. The highest BCUT2D eigenvalue weighted by molar-refractivity contribution is 7.10. The molecule has 0 spiro atoms. The lowest BCUT2D eigenvalue weighted by Gasteiger charge is -2.34. The van der Waals surface area contributed by atoms with Crippen LogP contribution in [0.2, 0.25) is 0 Å². The summed E-state index contributed by atoms with van der Waals surface area (Å²) in [6.07, 6.45) is 1.00. The summed E-state index contributed by atoms with van der Waals surface area (Å²) in [7, 11) is 3.72. The van der Waals surface area contributed by atoms with Crippen LogP contribution >= 0.6 is 11.3 Å². The summed E-state index contributed by atoms with van der Waals surface area (Å²) in [5.74, 6) is 0. The molecule has 1 atom stereocenters. The third kappa shape index (κ3) is 2.39. The number of nitrogens with zero attached hydrogens (tertiary/aromatic N) is 4. The van der Waals surface area contributed by atoms with Gasteiger partial charge in [0.2, 0.25) is 0 Å². The van der Waals surface area contributed by atoms with Gasteiger partial charge in [-0.05, 0) is 23.9 Å². The first-order valence-electron chi connectivity index (χ1n) is 6.85. The van der Waals surface area contributed by atoms with Crippen LogP contribution in [0.15, 0.2) is 11.4 Å². The lowest BCUT2D eigenvalue weighted by molar-refractivity contribution is 0.0756. The number of fused-ring (bicyclic) bond motifs is 1. The summed E-state index contributed by atoms with van der Waals surface area (Å²) in [5.41, 5.74) is 3.69. The molecular formula is C14H20N4OS. The van der Waals surface area contributed by atoms with Crippen molar-refractivity contribution in [1.82, 2.24) is 19.9 Å². The number of methoxy groups -OCH3 is 1. The predicted molar refractivity (Wildman–Crippen MR) is 78.8 cm³/mol. The standard InChI is InChI=1S/C14H20N4OS/c1-10-5-7-20-13(10)8-18-6-4-11-14(12(18)9-19-3)15-16-17(11)2/h5,7,12H,4,6,8-9H2,1-3H3. The number of aryl methyl sites for hydroxylation is 2. The molecule has 2 aromatic rings. The van der Waals surface area contributed by atoms with E-state index in [0.29, 0.717) is 6.61 Å². The maximum absolute atomic E-state index is 5.41. The zero-order chi connectivity index (χ0) is 14.1. The summed E-state index contributed by atoms with van der Waals surface area (Å²) in [4.78, 5) is 3.89. The first-order chi connectivity index (χ1) is 9.70. The molecule has 0 fully saturated rings. The van der Waals surface area contributed by atoms with Crippen LogP contribution in [0.25, 0.3) is 0 Å². The molecule has 108 valence electrons. The lowest BCUT2D eigenvalue weighted by Crippen LogP contribution is -2.37. The molecule has 1 aliphatic heterocycles. The van der Waals surface area contributed by atoms with E-state index >= 15 is 0 Å². The van der Waals surface area contributed by atoms with Crippen molar-refractivity contribution in [1.29, 1.82) is 0 Å². The van der Waals surface area contributed by atoms with Crippen LogP contribution in [0.4, 0.5) is 0 Å². The highest BCUT2D eigenvalue weighted by Gasteiger charge is 2.31. The predicted octanol–water partition coefficient (Wildman–Crippen LogP) is 1.93. The smallest absolute Gasteiger partial charge is 0.105 e. The van der Waals surface area contributed by atoms with Gasteiger partial charge in [0.05, 0.1) is 18.3 Å². The van der Waals surface area contributed by atoms with Crippen LogP contribution in [0.5, 0.6) is 0 Å². The first kappa shape index (κ1) is 13.7. The number of thiophene rings is 1. The van der Waals surface area contributed by atoms with Crippen LogP contribution in [0.3, 0.4) is 0 Å².